The standard InChI is InChI=1S/C16H17N3O4S/c1-10-7-8-13(23-10)11(2)18-15(20)9-17-16-12-5-3-4-6-14(12)24(21,22)19-16/h3-8,11H,9H2,1-2H3,(H,17,19)(H,18,20)/t11-/m0/s1. The molecule has 0 fully saturated rings. The fourth-order valence-corrected chi connectivity index (χ4v) is 3.70. The van der Waals surface area contributed by atoms with Crippen molar-refractivity contribution in [2.45, 2.75) is 24.8 Å². The molecule has 2 N–H and O–H groups in total. The molecular formula is C16H17N3O4S. The number of furan rings is 1. The average Bonchev–Trinajstić information content (AvgIpc) is 3.08. The van der Waals surface area contributed by atoms with E-state index in [2.05, 4.69) is 15.0 Å². The molecule has 1 atom stereocenters. The molecule has 2 aromatic rings. The summed E-state index contributed by atoms with van der Waals surface area (Å²) in [4.78, 5) is 16.3. The molecule has 2 heterocycles. The summed E-state index contributed by atoms with van der Waals surface area (Å²) in [6, 6.07) is 9.84. The van der Waals surface area contributed by atoms with Gasteiger partial charge in [0.2, 0.25) is 5.91 Å². The molecule has 1 aliphatic rings. The molecule has 1 aromatic heterocycles. The summed E-state index contributed by atoms with van der Waals surface area (Å²) in [6.45, 7) is 3.45. The van der Waals surface area contributed by atoms with Gasteiger partial charge < -0.3 is 9.73 Å². The van der Waals surface area contributed by atoms with Gasteiger partial charge in [0.15, 0.2) is 0 Å². The Morgan fingerprint density at radius 3 is 2.75 bits per heavy atom. The maximum absolute atomic E-state index is 12.0. The Balaban J connectivity index is 1.69. The van der Waals surface area contributed by atoms with E-state index in [1.54, 1.807) is 31.2 Å². The first-order chi connectivity index (χ1) is 11.4. The van der Waals surface area contributed by atoms with Gasteiger partial charge in [-0.1, -0.05) is 12.1 Å². The molecule has 0 spiro atoms. The molecule has 24 heavy (non-hydrogen) atoms. The molecule has 3 rings (SSSR count). The van der Waals surface area contributed by atoms with Crippen LogP contribution in [0.2, 0.25) is 0 Å². The van der Waals surface area contributed by atoms with Crippen LogP contribution in [-0.2, 0) is 14.8 Å². The second kappa shape index (κ2) is 6.12. The van der Waals surface area contributed by atoms with Gasteiger partial charge in [-0.3, -0.25) is 14.5 Å². The van der Waals surface area contributed by atoms with Gasteiger partial charge in [0.25, 0.3) is 10.0 Å². The molecule has 126 valence electrons. The van der Waals surface area contributed by atoms with Crippen LogP contribution in [0.4, 0.5) is 0 Å². The van der Waals surface area contributed by atoms with Crippen molar-refractivity contribution in [3.8, 4) is 0 Å². The molecule has 0 radical (unpaired) electrons. The van der Waals surface area contributed by atoms with Gasteiger partial charge in [0.1, 0.15) is 23.9 Å². The smallest absolute Gasteiger partial charge is 0.263 e. The van der Waals surface area contributed by atoms with Crippen LogP contribution < -0.4 is 10.0 Å². The highest BCUT2D eigenvalue weighted by molar-refractivity contribution is 7.90. The van der Waals surface area contributed by atoms with Gasteiger partial charge >= 0.3 is 0 Å². The Kier molecular flexibility index (Phi) is 4.15. The molecule has 0 saturated carbocycles. The van der Waals surface area contributed by atoms with E-state index in [0.717, 1.165) is 5.76 Å². The second-order valence-electron chi connectivity index (χ2n) is 5.50. The van der Waals surface area contributed by atoms with Crippen LogP contribution in [0.3, 0.4) is 0 Å². The molecule has 8 heteroatoms. The fraction of sp³-hybridized carbons (Fsp3) is 0.250. The van der Waals surface area contributed by atoms with Crippen molar-refractivity contribution in [2.75, 3.05) is 6.54 Å². The van der Waals surface area contributed by atoms with Gasteiger partial charge in [-0.2, -0.15) is 0 Å². The van der Waals surface area contributed by atoms with Gasteiger partial charge in [0, 0.05) is 5.56 Å². The molecule has 1 aliphatic heterocycles. The maximum atomic E-state index is 12.0. The molecule has 0 unspecified atom stereocenters. The number of nitrogens with one attached hydrogen (secondary N) is 2. The molecule has 1 amide bonds. The van der Waals surface area contributed by atoms with Gasteiger partial charge in [-0.15, -0.1) is 0 Å². The van der Waals surface area contributed by atoms with E-state index < -0.39 is 10.0 Å². The van der Waals surface area contributed by atoms with Crippen LogP contribution in [0.5, 0.6) is 0 Å². The third kappa shape index (κ3) is 3.18. The Labute approximate surface area is 139 Å². The minimum absolute atomic E-state index is 0.170. The zero-order valence-corrected chi connectivity index (χ0v) is 14.1. The summed E-state index contributed by atoms with van der Waals surface area (Å²) in [5.41, 5.74) is 0.472. The number of hydrogen-bond acceptors (Lipinski definition) is 5. The predicted octanol–water partition coefficient (Wildman–Crippen LogP) is 1.50. The molecule has 0 bridgehead atoms. The lowest BCUT2D eigenvalue weighted by Gasteiger charge is -2.10. The van der Waals surface area contributed by atoms with Crippen molar-refractivity contribution in [1.82, 2.24) is 10.0 Å². The molecule has 7 nitrogen and oxygen atoms in total. The number of aliphatic imine (C=N–C) groups is 1. The number of fused-ring (bicyclic) bond motifs is 1. The lowest BCUT2D eigenvalue weighted by atomic mass is 10.2. The fourth-order valence-electron chi connectivity index (χ4n) is 2.45. The summed E-state index contributed by atoms with van der Waals surface area (Å²) in [7, 11) is -3.59. The van der Waals surface area contributed by atoms with E-state index in [9.17, 15) is 13.2 Å². The predicted molar refractivity (Wildman–Crippen MR) is 88.2 cm³/mol. The third-order valence-electron chi connectivity index (χ3n) is 3.61. The monoisotopic (exact) mass is 347 g/mol. The van der Waals surface area contributed by atoms with Crippen molar-refractivity contribution in [3.63, 3.8) is 0 Å². The number of amides is 1. The number of hydrogen-bond donors (Lipinski definition) is 2. The number of benzene rings is 1. The Morgan fingerprint density at radius 1 is 1.29 bits per heavy atom. The summed E-state index contributed by atoms with van der Waals surface area (Å²) in [6.07, 6.45) is 0. The minimum Gasteiger partial charge on any atom is -0.464 e. The van der Waals surface area contributed by atoms with Crippen LogP contribution in [0.25, 0.3) is 0 Å². The van der Waals surface area contributed by atoms with Crippen LogP contribution in [0.1, 0.15) is 30.0 Å². The number of carbonyl (C=O) groups excluding carboxylic acids is 1. The normalized spacial score (nSPS) is 18.0. The van der Waals surface area contributed by atoms with E-state index in [4.69, 9.17) is 4.42 Å². The number of aryl methyl sites for hydroxylation is 1. The SMILES string of the molecule is Cc1ccc([C@H](C)NC(=O)CN=C2NS(=O)(=O)c3ccccc32)o1. The quantitative estimate of drug-likeness (QED) is 0.875. The first kappa shape index (κ1) is 16.3. The number of sulfonamides is 1. The van der Waals surface area contributed by atoms with Crippen LogP contribution in [-0.4, -0.2) is 26.7 Å². The van der Waals surface area contributed by atoms with Crippen molar-refractivity contribution >= 4 is 21.8 Å². The largest absolute Gasteiger partial charge is 0.464 e. The first-order valence-corrected chi connectivity index (χ1v) is 8.87. The highest BCUT2D eigenvalue weighted by atomic mass is 32.2. The van der Waals surface area contributed by atoms with Gasteiger partial charge in [-0.05, 0) is 38.1 Å². The second-order valence-corrected chi connectivity index (χ2v) is 7.15. The highest BCUT2D eigenvalue weighted by Gasteiger charge is 2.30. The lowest BCUT2D eigenvalue weighted by molar-refractivity contribution is -0.120. The van der Waals surface area contributed by atoms with Gasteiger partial charge in [0.05, 0.1) is 10.9 Å². The minimum atomic E-state index is -3.59. The number of carbonyl (C=O) groups is 1. The molecule has 1 aromatic carbocycles. The van der Waals surface area contributed by atoms with E-state index in [-0.39, 0.29) is 29.2 Å². The summed E-state index contributed by atoms with van der Waals surface area (Å²) >= 11 is 0. The van der Waals surface area contributed by atoms with Crippen molar-refractivity contribution in [3.05, 3.63) is 53.5 Å². The Bertz CT molecular complexity index is 915. The highest BCUT2D eigenvalue weighted by Crippen LogP contribution is 2.22. The topological polar surface area (TPSA) is 101 Å². The summed E-state index contributed by atoms with van der Waals surface area (Å²) in [5.74, 6) is 1.28. The molecular weight excluding hydrogens is 330 g/mol. The summed E-state index contributed by atoms with van der Waals surface area (Å²) < 4.78 is 31.8. The maximum Gasteiger partial charge on any atom is 0.263 e. The van der Waals surface area contributed by atoms with Crippen LogP contribution in [0, 0.1) is 6.92 Å². The van der Waals surface area contributed by atoms with Crippen molar-refractivity contribution in [1.29, 1.82) is 0 Å². The average molecular weight is 347 g/mol. The van der Waals surface area contributed by atoms with E-state index in [1.165, 1.54) is 6.07 Å². The zero-order chi connectivity index (χ0) is 17.3. The number of rotatable bonds is 4. The van der Waals surface area contributed by atoms with Crippen LogP contribution in [0.15, 0.2) is 50.7 Å². The third-order valence-corrected chi connectivity index (χ3v) is 5.01. The van der Waals surface area contributed by atoms with Crippen LogP contribution >= 0.6 is 0 Å². The number of amidine groups is 1. The zero-order valence-electron chi connectivity index (χ0n) is 13.2. The van der Waals surface area contributed by atoms with E-state index in [0.29, 0.717) is 11.3 Å². The molecule has 0 aliphatic carbocycles. The van der Waals surface area contributed by atoms with Gasteiger partial charge in [-0.25, -0.2) is 8.42 Å². The summed E-state index contributed by atoms with van der Waals surface area (Å²) in [5, 5.41) is 2.76. The Hall–Kier alpha value is -2.61. The van der Waals surface area contributed by atoms with E-state index >= 15 is 0 Å². The molecule has 0 saturated heterocycles. The number of nitrogens with zero attached hydrogens (tertiary/aromatic N) is 1. The Morgan fingerprint density at radius 2 is 2.04 bits per heavy atom. The lowest BCUT2D eigenvalue weighted by Crippen LogP contribution is -2.30. The first-order valence-electron chi connectivity index (χ1n) is 7.39. The van der Waals surface area contributed by atoms with Crippen molar-refractivity contribution < 1.29 is 17.6 Å². The van der Waals surface area contributed by atoms with E-state index in [1.807, 2.05) is 13.0 Å². The van der Waals surface area contributed by atoms with Crippen molar-refractivity contribution in [2.24, 2.45) is 4.99 Å².